The molecule has 0 heterocycles. The highest BCUT2D eigenvalue weighted by atomic mass is 79.9. The van der Waals surface area contributed by atoms with E-state index in [1.807, 2.05) is 6.92 Å². The summed E-state index contributed by atoms with van der Waals surface area (Å²) in [7, 11) is 0. The van der Waals surface area contributed by atoms with Crippen LogP contribution in [0, 0.1) is 6.92 Å². The summed E-state index contributed by atoms with van der Waals surface area (Å²) in [6.45, 7) is 1.86. The number of aryl methyl sites for hydroxylation is 1. The molecule has 0 aliphatic carbocycles. The number of hydrogen-bond donors (Lipinski definition) is 2. The zero-order valence-electron chi connectivity index (χ0n) is 10.2. The first-order chi connectivity index (χ1) is 8.97. The van der Waals surface area contributed by atoms with Crippen molar-refractivity contribution in [3.63, 3.8) is 0 Å². The molecule has 19 heavy (non-hydrogen) atoms. The van der Waals surface area contributed by atoms with Crippen molar-refractivity contribution in [1.82, 2.24) is 0 Å². The van der Waals surface area contributed by atoms with Crippen LogP contribution >= 0.6 is 27.5 Å². The van der Waals surface area contributed by atoms with E-state index in [2.05, 4.69) is 21.2 Å². The fraction of sp³-hybridized carbons (Fsp3) is 0.0714. The Balaban J connectivity index is 2.20. The molecule has 5 heteroatoms. The lowest BCUT2D eigenvalue weighted by atomic mass is 10.1. The number of carbonyl (C=O) groups excluding carboxylic acids is 1. The van der Waals surface area contributed by atoms with E-state index >= 15 is 0 Å². The van der Waals surface area contributed by atoms with Crippen molar-refractivity contribution >= 4 is 44.8 Å². The highest BCUT2D eigenvalue weighted by Gasteiger charge is 2.08. The fourth-order valence-corrected chi connectivity index (χ4v) is 2.02. The van der Waals surface area contributed by atoms with Crippen LogP contribution in [0.25, 0.3) is 0 Å². The smallest absolute Gasteiger partial charge is 0.255 e. The van der Waals surface area contributed by atoms with Crippen LogP contribution in [0.2, 0.25) is 5.02 Å². The Morgan fingerprint density at radius 2 is 2.00 bits per heavy atom. The lowest BCUT2D eigenvalue weighted by Gasteiger charge is -2.08. The number of hydrogen-bond acceptors (Lipinski definition) is 2. The van der Waals surface area contributed by atoms with Gasteiger partial charge in [-0.3, -0.25) is 4.79 Å². The lowest BCUT2D eigenvalue weighted by molar-refractivity contribution is 0.102. The largest absolute Gasteiger partial charge is 0.399 e. The van der Waals surface area contributed by atoms with E-state index in [4.69, 9.17) is 17.3 Å². The van der Waals surface area contributed by atoms with Gasteiger partial charge in [0, 0.05) is 21.4 Å². The molecule has 0 fully saturated rings. The third-order valence-corrected chi connectivity index (χ3v) is 3.94. The van der Waals surface area contributed by atoms with Gasteiger partial charge in [-0.25, -0.2) is 0 Å². The first-order valence-electron chi connectivity index (χ1n) is 5.60. The number of rotatable bonds is 2. The van der Waals surface area contributed by atoms with Gasteiger partial charge < -0.3 is 11.1 Å². The van der Waals surface area contributed by atoms with Gasteiger partial charge in [0.15, 0.2) is 0 Å². The maximum Gasteiger partial charge on any atom is 0.255 e. The highest BCUT2D eigenvalue weighted by Crippen LogP contribution is 2.25. The Hall–Kier alpha value is -1.52. The van der Waals surface area contributed by atoms with Gasteiger partial charge in [0.1, 0.15) is 0 Å². The molecule has 2 aromatic carbocycles. The Kier molecular flexibility index (Phi) is 4.12. The molecule has 1 amide bonds. The summed E-state index contributed by atoms with van der Waals surface area (Å²) in [4.78, 5) is 12.1. The molecule has 0 radical (unpaired) electrons. The molecule has 0 spiro atoms. The van der Waals surface area contributed by atoms with Crippen LogP contribution in [0.4, 0.5) is 11.4 Å². The predicted octanol–water partition coefficient (Wildman–Crippen LogP) is 4.25. The lowest BCUT2D eigenvalue weighted by Crippen LogP contribution is -2.12. The van der Waals surface area contributed by atoms with Crippen molar-refractivity contribution < 1.29 is 4.79 Å². The van der Waals surface area contributed by atoms with E-state index in [1.54, 1.807) is 36.4 Å². The van der Waals surface area contributed by atoms with Gasteiger partial charge in [-0.15, -0.1) is 0 Å². The van der Waals surface area contributed by atoms with E-state index in [0.717, 1.165) is 10.0 Å². The Morgan fingerprint density at radius 1 is 1.26 bits per heavy atom. The van der Waals surface area contributed by atoms with Gasteiger partial charge in [-0.2, -0.15) is 0 Å². The highest BCUT2D eigenvalue weighted by molar-refractivity contribution is 9.10. The first-order valence-corrected chi connectivity index (χ1v) is 6.77. The molecule has 0 unspecified atom stereocenters. The molecular weight excluding hydrogens is 328 g/mol. The molecule has 0 bridgehead atoms. The summed E-state index contributed by atoms with van der Waals surface area (Å²) in [6, 6.07) is 10.4. The van der Waals surface area contributed by atoms with E-state index in [1.165, 1.54) is 0 Å². The minimum Gasteiger partial charge on any atom is -0.399 e. The number of nitrogens with one attached hydrogen (secondary N) is 1. The standard InChI is InChI=1S/C14H12BrClN2O/c1-8-6-9(2-5-13(8)17)14(19)18-10-3-4-11(15)12(16)7-10/h2-7H,17H2,1H3,(H,18,19). The van der Waals surface area contributed by atoms with Crippen molar-refractivity contribution in [3.05, 3.63) is 57.0 Å². The second-order valence-electron chi connectivity index (χ2n) is 4.15. The summed E-state index contributed by atoms with van der Waals surface area (Å²) in [5.74, 6) is -0.193. The van der Waals surface area contributed by atoms with Gasteiger partial charge in [-0.05, 0) is 64.8 Å². The van der Waals surface area contributed by atoms with Crippen molar-refractivity contribution in [1.29, 1.82) is 0 Å². The number of anilines is 2. The maximum absolute atomic E-state index is 12.1. The van der Waals surface area contributed by atoms with Gasteiger partial charge >= 0.3 is 0 Å². The number of carbonyl (C=O) groups is 1. The summed E-state index contributed by atoms with van der Waals surface area (Å²) in [5.41, 5.74) is 8.48. The summed E-state index contributed by atoms with van der Waals surface area (Å²) >= 11 is 9.27. The van der Waals surface area contributed by atoms with Crippen LogP contribution in [0.15, 0.2) is 40.9 Å². The molecule has 0 saturated carbocycles. The van der Waals surface area contributed by atoms with Crippen LogP contribution in [0.1, 0.15) is 15.9 Å². The average Bonchev–Trinajstić information content (AvgIpc) is 2.37. The topological polar surface area (TPSA) is 55.1 Å². The van der Waals surface area contributed by atoms with Crippen LogP contribution in [-0.4, -0.2) is 5.91 Å². The van der Waals surface area contributed by atoms with E-state index in [9.17, 15) is 4.79 Å². The molecule has 0 aliphatic rings. The quantitative estimate of drug-likeness (QED) is 0.804. The van der Waals surface area contributed by atoms with Gasteiger partial charge in [0.05, 0.1) is 5.02 Å². The molecule has 3 N–H and O–H groups in total. The number of nitrogen functional groups attached to an aromatic ring is 1. The molecular formula is C14H12BrClN2O. The summed E-state index contributed by atoms with van der Waals surface area (Å²) < 4.78 is 0.787. The molecule has 0 saturated heterocycles. The van der Waals surface area contributed by atoms with Gasteiger partial charge in [0.25, 0.3) is 5.91 Å². The van der Waals surface area contributed by atoms with Gasteiger partial charge in [-0.1, -0.05) is 11.6 Å². The third-order valence-electron chi connectivity index (χ3n) is 2.71. The van der Waals surface area contributed by atoms with Crippen molar-refractivity contribution in [2.24, 2.45) is 0 Å². The van der Waals surface area contributed by atoms with E-state index in [-0.39, 0.29) is 5.91 Å². The van der Waals surface area contributed by atoms with Gasteiger partial charge in [0.2, 0.25) is 0 Å². The Labute approximate surface area is 124 Å². The summed E-state index contributed by atoms with van der Waals surface area (Å²) in [5, 5.41) is 3.34. The number of benzene rings is 2. The van der Waals surface area contributed by atoms with Crippen LogP contribution in [-0.2, 0) is 0 Å². The second-order valence-corrected chi connectivity index (χ2v) is 5.42. The monoisotopic (exact) mass is 338 g/mol. The predicted molar refractivity (Wildman–Crippen MR) is 82.7 cm³/mol. The molecule has 0 aromatic heterocycles. The minimum absolute atomic E-state index is 0.193. The molecule has 3 nitrogen and oxygen atoms in total. The minimum atomic E-state index is -0.193. The normalized spacial score (nSPS) is 10.3. The van der Waals surface area contributed by atoms with Crippen molar-refractivity contribution in [2.45, 2.75) is 6.92 Å². The SMILES string of the molecule is Cc1cc(C(=O)Nc2ccc(Br)c(Cl)c2)ccc1N. The van der Waals surface area contributed by atoms with Crippen LogP contribution < -0.4 is 11.1 Å². The fourth-order valence-electron chi connectivity index (χ4n) is 1.59. The Bertz CT molecular complexity index is 643. The third kappa shape index (κ3) is 3.28. The maximum atomic E-state index is 12.1. The molecule has 0 atom stereocenters. The zero-order valence-corrected chi connectivity index (χ0v) is 12.5. The number of amides is 1. The van der Waals surface area contributed by atoms with E-state index in [0.29, 0.717) is 22.0 Å². The molecule has 98 valence electrons. The Morgan fingerprint density at radius 3 is 2.63 bits per heavy atom. The average molecular weight is 340 g/mol. The molecule has 2 rings (SSSR count). The molecule has 0 aliphatic heterocycles. The number of halogens is 2. The zero-order chi connectivity index (χ0) is 14.0. The van der Waals surface area contributed by atoms with Crippen LogP contribution in [0.5, 0.6) is 0 Å². The van der Waals surface area contributed by atoms with E-state index < -0.39 is 0 Å². The first kappa shape index (κ1) is 13.9. The van der Waals surface area contributed by atoms with Crippen LogP contribution in [0.3, 0.4) is 0 Å². The number of nitrogens with two attached hydrogens (primary N) is 1. The van der Waals surface area contributed by atoms with Crippen molar-refractivity contribution in [2.75, 3.05) is 11.1 Å². The summed E-state index contributed by atoms with van der Waals surface area (Å²) in [6.07, 6.45) is 0. The molecule has 2 aromatic rings. The van der Waals surface area contributed by atoms with Crippen molar-refractivity contribution in [3.8, 4) is 0 Å². The second kappa shape index (κ2) is 5.63.